The zero-order chi connectivity index (χ0) is 9.68. The largest absolute Gasteiger partial charge is 0.480 e. The van der Waals surface area contributed by atoms with E-state index in [0.29, 0.717) is 12.6 Å². The molecule has 0 aromatic heterocycles. The second kappa shape index (κ2) is 5.19. The van der Waals surface area contributed by atoms with Gasteiger partial charge in [0, 0.05) is 6.04 Å². The number of rotatable bonds is 4. The van der Waals surface area contributed by atoms with Crippen molar-refractivity contribution in [1.82, 2.24) is 4.90 Å². The number of piperidine rings is 1. The standard InChI is InChI=1S/C9H18N2O2/c10-5-4-8-3-1-2-6-11(8)7-9(12)13/h8H,1-7,10H2,(H,12,13). The molecular formula is C9H18N2O2. The highest BCUT2D eigenvalue weighted by atomic mass is 16.4. The van der Waals surface area contributed by atoms with E-state index >= 15 is 0 Å². The van der Waals surface area contributed by atoms with Gasteiger partial charge in [0.1, 0.15) is 0 Å². The molecule has 0 bridgehead atoms. The van der Waals surface area contributed by atoms with Gasteiger partial charge in [-0.05, 0) is 32.4 Å². The van der Waals surface area contributed by atoms with Gasteiger partial charge >= 0.3 is 5.97 Å². The lowest BCUT2D eigenvalue weighted by Crippen LogP contribution is -2.43. The van der Waals surface area contributed by atoms with E-state index in [9.17, 15) is 4.79 Å². The molecule has 0 aromatic rings. The maximum Gasteiger partial charge on any atom is 0.317 e. The number of nitrogens with zero attached hydrogens (tertiary/aromatic N) is 1. The third-order valence-electron chi connectivity index (χ3n) is 2.59. The Hall–Kier alpha value is -0.610. The number of nitrogens with two attached hydrogens (primary N) is 1. The monoisotopic (exact) mass is 186 g/mol. The van der Waals surface area contributed by atoms with E-state index in [-0.39, 0.29) is 6.54 Å². The zero-order valence-corrected chi connectivity index (χ0v) is 7.91. The first-order chi connectivity index (χ1) is 6.24. The van der Waals surface area contributed by atoms with Crippen molar-refractivity contribution < 1.29 is 9.90 Å². The lowest BCUT2D eigenvalue weighted by Gasteiger charge is -2.34. The minimum Gasteiger partial charge on any atom is -0.480 e. The molecule has 0 saturated carbocycles. The topological polar surface area (TPSA) is 66.6 Å². The van der Waals surface area contributed by atoms with Crippen LogP contribution in [0.3, 0.4) is 0 Å². The molecule has 1 aliphatic heterocycles. The molecule has 1 fully saturated rings. The summed E-state index contributed by atoms with van der Waals surface area (Å²) in [5.41, 5.74) is 5.48. The van der Waals surface area contributed by atoms with Crippen molar-refractivity contribution in [1.29, 1.82) is 0 Å². The average molecular weight is 186 g/mol. The number of carboxylic acids is 1. The van der Waals surface area contributed by atoms with Gasteiger partial charge in [-0.1, -0.05) is 6.42 Å². The summed E-state index contributed by atoms with van der Waals surface area (Å²) >= 11 is 0. The third-order valence-corrected chi connectivity index (χ3v) is 2.59. The summed E-state index contributed by atoms with van der Waals surface area (Å²) in [5.74, 6) is -0.732. The molecule has 3 N–H and O–H groups in total. The zero-order valence-electron chi connectivity index (χ0n) is 7.91. The maximum absolute atomic E-state index is 10.5. The Morgan fingerprint density at radius 1 is 1.54 bits per heavy atom. The number of aliphatic carboxylic acids is 1. The van der Waals surface area contributed by atoms with Crippen LogP contribution in [-0.2, 0) is 4.79 Å². The molecule has 0 aromatic carbocycles. The van der Waals surface area contributed by atoms with E-state index in [2.05, 4.69) is 0 Å². The first kappa shape index (κ1) is 10.5. The van der Waals surface area contributed by atoms with Crippen LogP contribution < -0.4 is 5.73 Å². The Bertz CT molecular complexity index is 171. The molecule has 0 aliphatic carbocycles. The van der Waals surface area contributed by atoms with E-state index in [1.54, 1.807) is 0 Å². The van der Waals surface area contributed by atoms with Gasteiger partial charge in [0.2, 0.25) is 0 Å². The summed E-state index contributed by atoms with van der Waals surface area (Å²) in [6.07, 6.45) is 4.35. The summed E-state index contributed by atoms with van der Waals surface area (Å²) in [6, 6.07) is 0.398. The van der Waals surface area contributed by atoms with Gasteiger partial charge in [0.25, 0.3) is 0 Å². The fraction of sp³-hybridized carbons (Fsp3) is 0.889. The molecule has 1 heterocycles. The Morgan fingerprint density at radius 2 is 2.31 bits per heavy atom. The SMILES string of the molecule is NCCC1CCCCN1CC(=O)O. The Morgan fingerprint density at radius 3 is 2.92 bits per heavy atom. The number of carbonyl (C=O) groups is 1. The summed E-state index contributed by atoms with van der Waals surface area (Å²) in [5, 5.41) is 8.68. The van der Waals surface area contributed by atoms with E-state index in [1.807, 2.05) is 4.90 Å². The molecule has 1 unspecified atom stereocenters. The van der Waals surface area contributed by atoms with Gasteiger partial charge < -0.3 is 10.8 Å². The first-order valence-electron chi connectivity index (χ1n) is 4.90. The highest BCUT2D eigenvalue weighted by Gasteiger charge is 2.22. The second-order valence-electron chi connectivity index (χ2n) is 3.59. The van der Waals surface area contributed by atoms with Crippen LogP contribution in [0.2, 0.25) is 0 Å². The molecule has 0 amide bonds. The molecule has 4 nitrogen and oxygen atoms in total. The quantitative estimate of drug-likeness (QED) is 0.661. The van der Waals surface area contributed by atoms with Crippen LogP contribution in [0.5, 0.6) is 0 Å². The molecule has 0 radical (unpaired) electrons. The van der Waals surface area contributed by atoms with Crippen molar-refractivity contribution in [2.75, 3.05) is 19.6 Å². The van der Waals surface area contributed by atoms with E-state index in [0.717, 1.165) is 25.8 Å². The van der Waals surface area contributed by atoms with Crippen molar-refractivity contribution in [3.63, 3.8) is 0 Å². The van der Waals surface area contributed by atoms with E-state index < -0.39 is 5.97 Å². The minimum atomic E-state index is -0.732. The Balaban J connectivity index is 2.41. The maximum atomic E-state index is 10.5. The van der Waals surface area contributed by atoms with Crippen molar-refractivity contribution >= 4 is 5.97 Å². The predicted molar refractivity (Wildman–Crippen MR) is 50.5 cm³/mol. The summed E-state index contributed by atoms with van der Waals surface area (Å²) < 4.78 is 0. The van der Waals surface area contributed by atoms with Crippen molar-refractivity contribution in [2.24, 2.45) is 5.73 Å². The molecular weight excluding hydrogens is 168 g/mol. The fourth-order valence-electron chi connectivity index (χ4n) is 1.96. The average Bonchev–Trinajstić information content (AvgIpc) is 2.08. The Labute approximate surface area is 78.7 Å². The van der Waals surface area contributed by atoms with Crippen molar-refractivity contribution in [3.05, 3.63) is 0 Å². The van der Waals surface area contributed by atoms with E-state index in [1.165, 1.54) is 6.42 Å². The minimum absolute atomic E-state index is 0.171. The van der Waals surface area contributed by atoms with Crippen LogP contribution in [0, 0.1) is 0 Å². The number of carboxylic acid groups (broad SMARTS) is 1. The second-order valence-corrected chi connectivity index (χ2v) is 3.59. The Kier molecular flexibility index (Phi) is 4.18. The smallest absolute Gasteiger partial charge is 0.317 e. The van der Waals surface area contributed by atoms with Gasteiger partial charge in [-0.25, -0.2) is 0 Å². The third kappa shape index (κ3) is 3.32. The first-order valence-corrected chi connectivity index (χ1v) is 4.90. The van der Waals surface area contributed by atoms with Crippen LogP contribution in [0.25, 0.3) is 0 Å². The summed E-state index contributed by atoms with van der Waals surface area (Å²) in [4.78, 5) is 12.6. The van der Waals surface area contributed by atoms with Crippen LogP contribution in [0.15, 0.2) is 0 Å². The van der Waals surface area contributed by atoms with Gasteiger partial charge in [0.05, 0.1) is 6.54 Å². The molecule has 1 aliphatic rings. The summed E-state index contributed by atoms with van der Waals surface area (Å²) in [6.45, 7) is 1.74. The molecule has 1 rings (SSSR count). The van der Waals surface area contributed by atoms with Gasteiger partial charge in [-0.2, -0.15) is 0 Å². The lowest BCUT2D eigenvalue weighted by molar-refractivity contribution is -0.139. The van der Waals surface area contributed by atoms with E-state index in [4.69, 9.17) is 10.8 Å². The molecule has 76 valence electrons. The summed E-state index contributed by atoms with van der Waals surface area (Å²) in [7, 11) is 0. The highest BCUT2D eigenvalue weighted by molar-refractivity contribution is 5.69. The molecule has 4 heteroatoms. The molecule has 0 spiro atoms. The van der Waals surface area contributed by atoms with Gasteiger partial charge in [-0.15, -0.1) is 0 Å². The lowest BCUT2D eigenvalue weighted by atomic mass is 9.99. The molecule has 1 atom stereocenters. The fourth-order valence-corrected chi connectivity index (χ4v) is 1.96. The number of hydrogen-bond donors (Lipinski definition) is 2. The van der Waals surface area contributed by atoms with Crippen molar-refractivity contribution in [2.45, 2.75) is 31.7 Å². The molecule has 13 heavy (non-hydrogen) atoms. The normalized spacial score (nSPS) is 24.5. The van der Waals surface area contributed by atoms with Crippen LogP contribution in [0.4, 0.5) is 0 Å². The number of hydrogen-bond acceptors (Lipinski definition) is 3. The van der Waals surface area contributed by atoms with Gasteiger partial charge in [0.15, 0.2) is 0 Å². The van der Waals surface area contributed by atoms with Crippen LogP contribution in [0.1, 0.15) is 25.7 Å². The van der Waals surface area contributed by atoms with Crippen LogP contribution in [-0.4, -0.2) is 41.7 Å². The predicted octanol–water partition coefficient (Wildman–Crippen LogP) is 0.274. The number of likely N-dealkylation sites (tertiary alicyclic amines) is 1. The highest BCUT2D eigenvalue weighted by Crippen LogP contribution is 2.18. The van der Waals surface area contributed by atoms with Gasteiger partial charge in [-0.3, -0.25) is 9.69 Å². The molecule has 1 saturated heterocycles. The van der Waals surface area contributed by atoms with Crippen molar-refractivity contribution in [3.8, 4) is 0 Å². The van der Waals surface area contributed by atoms with Crippen LogP contribution >= 0.6 is 0 Å².